The smallest absolute Gasteiger partial charge is 0.336 e. The molecule has 0 saturated heterocycles. The number of aryl methyl sites for hydroxylation is 1. The molecule has 0 aliphatic heterocycles. The number of benzene rings is 3. The van der Waals surface area contributed by atoms with Gasteiger partial charge in [0.1, 0.15) is 5.82 Å². The Kier molecular flexibility index (Phi) is 6.87. The van der Waals surface area contributed by atoms with Crippen LogP contribution in [-0.2, 0) is 13.0 Å². The zero-order chi connectivity index (χ0) is 24.2. The highest BCUT2D eigenvalue weighted by atomic mass is 16.5. The number of hydrogen-bond acceptors (Lipinski definition) is 4. The lowest BCUT2D eigenvalue weighted by molar-refractivity contribution is 0.0697. The fourth-order valence-corrected chi connectivity index (χ4v) is 4.18. The van der Waals surface area contributed by atoms with E-state index in [1.165, 1.54) is 0 Å². The molecule has 176 valence electrons. The molecule has 6 nitrogen and oxygen atoms in total. The van der Waals surface area contributed by atoms with Gasteiger partial charge in [-0.15, -0.1) is 0 Å². The van der Waals surface area contributed by atoms with E-state index in [0.29, 0.717) is 35.1 Å². The van der Waals surface area contributed by atoms with Crippen molar-refractivity contribution < 1.29 is 19.4 Å². The summed E-state index contributed by atoms with van der Waals surface area (Å²) in [6.45, 7) is 5.08. The number of aromatic carboxylic acids is 1. The van der Waals surface area contributed by atoms with Gasteiger partial charge in [-0.3, -0.25) is 0 Å². The summed E-state index contributed by atoms with van der Waals surface area (Å²) in [6, 6.07) is 19.0. The van der Waals surface area contributed by atoms with E-state index in [1.807, 2.05) is 48.5 Å². The van der Waals surface area contributed by atoms with Crippen LogP contribution in [0.2, 0.25) is 0 Å². The SMILES string of the molecule is COc1cc2nc(CCC(C)C)n(Cc3ccc(-c4ccccc4C(=O)O)cc3)c2cc1OC. The molecule has 1 aromatic heterocycles. The number of carboxylic acid groups (broad SMARTS) is 1. The maximum Gasteiger partial charge on any atom is 0.336 e. The maximum atomic E-state index is 11.6. The molecule has 0 fully saturated rings. The van der Waals surface area contributed by atoms with Gasteiger partial charge in [0.05, 0.1) is 30.8 Å². The fraction of sp³-hybridized carbons (Fsp3) is 0.286. The molecule has 0 aliphatic carbocycles. The Labute approximate surface area is 199 Å². The molecular formula is C28H30N2O4. The molecule has 6 heteroatoms. The summed E-state index contributed by atoms with van der Waals surface area (Å²) in [5, 5.41) is 9.52. The maximum absolute atomic E-state index is 11.6. The Morgan fingerprint density at radius 3 is 2.32 bits per heavy atom. The lowest BCUT2D eigenvalue weighted by Crippen LogP contribution is -2.07. The van der Waals surface area contributed by atoms with Gasteiger partial charge in [0.2, 0.25) is 0 Å². The number of aromatic nitrogens is 2. The van der Waals surface area contributed by atoms with Gasteiger partial charge in [-0.1, -0.05) is 56.3 Å². The van der Waals surface area contributed by atoms with Crippen molar-refractivity contribution in [3.05, 3.63) is 77.6 Å². The van der Waals surface area contributed by atoms with Gasteiger partial charge in [0.25, 0.3) is 0 Å². The van der Waals surface area contributed by atoms with Crippen LogP contribution in [0.3, 0.4) is 0 Å². The molecule has 4 aromatic rings. The van der Waals surface area contributed by atoms with Crippen molar-refractivity contribution in [1.82, 2.24) is 9.55 Å². The van der Waals surface area contributed by atoms with E-state index in [4.69, 9.17) is 14.5 Å². The highest BCUT2D eigenvalue weighted by Gasteiger charge is 2.16. The second kappa shape index (κ2) is 10.00. The summed E-state index contributed by atoms with van der Waals surface area (Å²) in [5.41, 5.74) is 4.87. The van der Waals surface area contributed by atoms with E-state index in [9.17, 15) is 9.90 Å². The molecule has 34 heavy (non-hydrogen) atoms. The molecule has 0 bridgehead atoms. The Bertz CT molecular complexity index is 1310. The van der Waals surface area contributed by atoms with E-state index < -0.39 is 5.97 Å². The van der Waals surface area contributed by atoms with Crippen LogP contribution in [0.25, 0.3) is 22.2 Å². The molecule has 0 saturated carbocycles. The summed E-state index contributed by atoms with van der Waals surface area (Å²) in [4.78, 5) is 16.5. The Morgan fingerprint density at radius 2 is 1.68 bits per heavy atom. The van der Waals surface area contributed by atoms with E-state index >= 15 is 0 Å². The molecule has 0 spiro atoms. The summed E-state index contributed by atoms with van der Waals surface area (Å²) in [6.07, 6.45) is 1.92. The second-order valence-electron chi connectivity index (χ2n) is 8.79. The highest BCUT2D eigenvalue weighted by Crippen LogP contribution is 2.33. The van der Waals surface area contributed by atoms with Crippen molar-refractivity contribution in [3.8, 4) is 22.6 Å². The summed E-state index contributed by atoms with van der Waals surface area (Å²) in [7, 11) is 3.27. The van der Waals surface area contributed by atoms with Crippen LogP contribution in [0.15, 0.2) is 60.7 Å². The topological polar surface area (TPSA) is 73.6 Å². The van der Waals surface area contributed by atoms with Crippen LogP contribution in [0.1, 0.15) is 42.0 Å². The van der Waals surface area contributed by atoms with Crippen molar-refractivity contribution in [2.45, 2.75) is 33.2 Å². The summed E-state index contributed by atoms with van der Waals surface area (Å²) < 4.78 is 13.2. The normalized spacial score (nSPS) is 11.2. The number of methoxy groups -OCH3 is 2. The average molecular weight is 459 g/mol. The Morgan fingerprint density at radius 1 is 1.00 bits per heavy atom. The Hall–Kier alpha value is -3.80. The molecule has 3 aromatic carbocycles. The van der Waals surface area contributed by atoms with Gasteiger partial charge < -0.3 is 19.1 Å². The van der Waals surface area contributed by atoms with Gasteiger partial charge in [0.15, 0.2) is 11.5 Å². The number of nitrogens with zero attached hydrogens (tertiary/aromatic N) is 2. The molecule has 1 heterocycles. The second-order valence-corrected chi connectivity index (χ2v) is 8.79. The third kappa shape index (κ3) is 4.76. The molecule has 0 radical (unpaired) electrons. The van der Waals surface area contributed by atoms with E-state index in [2.05, 4.69) is 18.4 Å². The number of hydrogen-bond donors (Lipinski definition) is 1. The molecule has 0 amide bonds. The van der Waals surface area contributed by atoms with Crippen LogP contribution in [-0.4, -0.2) is 34.8 Å². The number of rotatable bonds is 9. The van der Waals surface area contributed by atoms with Crippen molar-refractivity contribution in [1.29, 1.82) is 0 Å². The third-order valence-electron chi connectivity index (χ3n) is 6.04. The number of fused-ring (bicyclic) bond motifs is 1. The van der Waals surface area contributed by atoms with E-state index in [-0.39, 0.29) is 0 Å². The quantitative estimate of drug-likeness (QED) is 0.330. The van der Waals surface area contributed by atoms with Crippen molar-refractivity contribution in [2.75, 3.05) is 14.2 Å². The lowest BCUT2D eigenvalue weighted by atomic mass is 9.98. The van der Waals surface area contributed by atoms with Gasteiger partial charge in [-0.25, -0.2) is 9.78 Å². The van der Waals surface area contributed by atoms with Crippen molar-refractivity contribution in [2.24, 2.45) is 5.92 Å². The van der Waals surface area contributed by atoms with Crippen LogP contribution < -0.4 is 9.47 Å². The molecule has 0 unspecified atom stereocenters. The largest absolute Gasteiger partial charge is 0.493 e. The minimum atomic E-state index is -0.927. The van der Waals surface area contributed by atoms with Crippen molar-refractivity contribution >= 4 is 17.0 Å². The predicted octanol–water partition coefficient (Wildman–Crippen LogP) is 6.06. The van der Waals surface area contributed by atoms with Gasteiger partial charge >= 0.3 is 5.97 Å². The Balaban J connectivity index is 1.72. The first kappa shape index (κ1) is 23.4. The van der Waals surface area contributed by atoms with Crippen LogP contribution in [0, 0.1) is 5.92 Å². The summed E-state index contributed by atoms with van der Waals surface area (Å²) in [5.74, 6) is 2.01. The van der Waals surface area contributed by atoms with Crippen LogP contribution in [0.5, 0.6) is 11.5 Å². The minimum Gasteiger partial charge on any atom is -0.493 e. The predicted molar refractivity (Wildman–Crippen MR) is 134 cm³/mol. The van der Waals surface area contributed by atoms with Gasteiger partial charge in [-0.2, -0.15) is 0 Å². The zero-order valence-corrected chi connectivity index (χ0v) is 20.0. The highest BCUT2D eigenvalue weighted by molar-refractivity contribution is 5.96. The number of carbonyl (C=O) groups is 1. The monoisotopic (exact) mass is 458 g/mol. The number of imidazole rings is 1. The zero-order valence-electron chi connectivity index (χ0n) is 20.0. The lowest BCUT2D eigenvalue weighted by Gasteiger charge is -2.13. The van der Waals surface area contributed by atoms with Gasteiger partial charge in [-0.05, 0) is 35.1 Å². The van der Waals surface area contributed by atoms with Crippen LogP contribution >= 0.6 is 0 Å². The van der Waals surface area contributed by atoms with Crippen molar-refractivity contribution in [3.63, 3.8) is 0 Å². The molecule has 0 aliphatic rings. The summed E-state index contributed by atoms with van der Waals surface area (Å²) >= 11 is 0. The molecule has 1 N–H and O–H groups in total. The minimum absolute atomic E-state index is 0.299. The standard InChI is InChI=1S/C28H30N2O4/c1-18(2)9-14-27-29-23-15-25(33-3)26(34-4)16-24(23)30(27)17-19-10-12-20(13-11-19)21-7-5-6-8-22(21)28(31)32/h5-8,10-13,15-16,18H,9,14,17H2,1-4H3,(H,31,32). The van der Waals surface area contributed by atoms with Gasteiger partial charge in [0, 0.05) is 25.1 Å². The molecule has 0 atom stereocenters. The first-order chi connectivity index (χ1) is 16.4. The molecule has 4 rings (SSSR count). The first-order valence-electron chi connectivity index (χ1n) is 11.4. The third-order valence-corrected chi connectivity index (χ3v) is 6.04. The average Bonchev–Trinajstić information content (AvgIpc) is 3.18. The number of carboxylic acids is 1. The van der Waals surface area contributed by atoms with Crippen LogP contribution in [0.4, 0.5) is 0 Å². The first-order valence-corrected chi connectivity index (χ1v) is 11.4. The van der Waals surface area contributed by atoms with E-state index in [0.717, 1.165) is 40.8 Å². The fourth-order valence-electron chi connectivity index (χ4n) is 4.18. The molecular weight excluding hydrogens is 428 g/mol. The number of ether oxygens (including phenoxy) is 2. The van der Waals surface area contributed by atoms with E-state index in [1.54, 1.807) is 26.4 Å².